The standard InChI is InChI=1S/C32H32O16/c1-13-26(43-15(3)34)30(45-17(5)36)31(46-18(6)37)32(41-13)47-20-10-8-19(9-11-20)27-25(39)24(38)23-21(48-27)12-22(42-14(2)33)28(29(23)40-7)44-16(4)35/h8-13,26,30-32,39H,1-7H3/t13-,26-,30+,31+,32-/m0/s1. The first-order valence-electron chi connectivity index (χ1n) is 14.3. The number of esters is 5. The van der Waals surface area contributed by atoms with Crippen molar-refractivity contribution in [3.8, 4) is 40.1 Å². The lowest BCUT2D eigenvalue weighted by Gasteiger charge is -2.43. The molecule has 16 nitrogen and oxygen atoms in total. The molecule has 5 atom stereocenters. The molecule has 256 valence electrons. The number of hydrogen-bond donors (Lipinski definition) is 1. The van der Waals surface area contributed by atoms with Crippen LogP contribution in [0, 0.1) is 0 Å². The van der Waals surface area contributed by atoms with Gasteiger partial charge in [0, 0.05) is 46.2 Å². The number of benzene rings is 2. The van der Waals surface area contributed by atoms with Crippen LogP contribution in [0.3, 0.4) is 0 Å². The molecular formula is C32H32O16. The van der Waals surface area contributed by atoms with Gasteiger partial charge in [0.05, 0.1) is 13.2 Å². The fraction of sp³-hybridized carbons (Fsp3) is 0.375. The fourth-order valence-corrected chi connectivity index (χ4v) is 5.01. The van der Waals surface area contributed by atoms with Crippen LogP contribution >= 0.6 is 0 Å². The average molecular weight is 673 g/mol. The predicted octanol–water partition coefficient (Wildman–Crippen LogP) is 2.94. The second-order valence-electron chi connectivity index (χ2n) is 10.5. The van der Waals surface area contributed by atoms with Gasteiger partial charge in [-0.2, -0.15) is 0 Å². The molecule has 0 saturated carbocycles. The Morgan fingerprint density at radius 2 is 1.31 bits per heavy atom. The van der Waals surface area contributed by atoms with Crippen molar-refractivity contribution in [2.45, 2.75) is 72.2 Å². The Morgan fingerprint density at radius 3 is 1.85 bits per heavy atom. The minimum Gasteiger partial charge on any atom is -0.502 e. The lowest BCUT2D eigenvalue weighted by molar-refractivity contribution is -0.280. The highest BCUT2D eigenvalue weighted by atomic mass is 16.7. The Hall–Kier alpha value is -5.64. The van der Waals surface area contributed by atoms with Gasteiger partial charge in [-0.1, -0.05) is 0 Å². The molecule has 0 unspecified atom stereocenters. The van der Waals surface area contributed by atoms with E-state index in [1.807, 2.05) is 0 Å². The molecule has 0 amide bonds. The highest BCUT2D eigenvalue weighted by Crippen LogP contribution is 2.45. The summed E-state index contributed by atoms with van der Waals surface area (Å²) in [7, 11) is 1.18. The minimum atomic E-state index is -1.35. The van der Waals surface area contributed by atoms with Crippen molar-refractivity contribution in [1.82, 2.24) is 0 Å². The van der Waals surface area contributed by atoms with Gasteiger partial charge in [0.15, 0.2) is 29.5 Å². The molecule has 1 aliphatic heterocycles. The molecule has 0 spiro atoms. The van der Waals surface area contributed by atoms with Gasteiger partial charge in [0.25, 0.3) is 0 Å². The van der Waals surface area contributed by atoms with Gasteiger partial charge in [-0.15, -0.1) is 0 Å². The van der Waals surface area contributed by atoms with Crippen LogP contribution in [0.15, 0.2) is 39.5 Å². The van der Waals surface area contributed by atoms with Gasteiger partial charge in [-0.25, -0.2) is 0 Å². The summed E-state index contributed by atoms with van der Waals surface area (Å²) in [6.45, 7) is 7.17. The Balaban J connectivity index is 1.72. The smallest absolute Gasteiger partial charge is 0.308 e. The van der Waals surface area contributed by atoms with Crippen molar-refractivity contribution in [2.75, 3.05) is 7.11 Å². The van der Waals surface area contributed by atoms with Crippen molar-refractivity contribution in [3.05, 3.63) is 40.6 Å². The van der Waals surface area contributed by atoms with Gasteiger partial charge in [-0.3, -0.25) is 28.8 Å². The first-order chi connectivity index (χ1) is 22.6. The molecule has 0 aliphatic carbocycles. The third-order valence-electron chi connectivity index (χ3n) is 6.74. The SMILES string of the molecule is COc1c(OC(C)=O)c(OC(C)=O)cc2oc(-c3ccc(O[C@@H]4O[C@@H](C)[C@H](OC(C)=O)[C@@H](OC(C)=O)[C@H]4OC(C)=O)cc3)c(O)c(=O)c12. The highest BCUT2D eigenvalue weighted by Gasteiger charge is 2.51. The Kier molecular flexibility index (Phi) is 10.6. The Bertz CT molecular complexity index is 1810. The zero-order valence-electron chi connectivity index (χ0n) is 26.8. The summed E-state index contributed by atoms with van der Waals surface area (Å²) in [6.07, 6.45) is -5.96. The van der Waals surface area contributed by atoms with Crippen LogP contribution in [0.25, 0.3) is 22.3 Å². The molecule has 16 heteroatoms. The van der Waals surface area contributed by atoms with E-state index in [0.717, 1.165) is 40.7 Å². The van der Waals surface area contributed by atoms with Crippen LogP contribution < -0.4 is 24.4 Å². The molecule has 1 N–H and O–H groups in total. The molecule has 0 radical (unpaired) electrons. The number of hydrogen-bond acceptors (Lipinski definition) is 16. The van der Waals surface area contributed by atoms with Crippen LogP contribution in [-0.4, -0.2) is 72.8 Å². The number of aromatic hydroxyl groups is 1. The van der Waals surface area contributed by atoms with E-state index in [1.165, 1.54) is 31.4 Å². The number of fused-ring (bicyclic) bond motifs is 1. The summed E-state index contributed by atoms with van der Waals surface area (Å²) in [5, 5.41) is 10.6. The van der Waals surface area contributed by atoms with Crippen LogP contribution in [0.2, 0.25) is 0 Å². The van der Waals surface area contributed by atoms with E-state index in [-0.39, 0.29) is 45.3 Å². The van der Waals surface area contributed by atoms with Crippen molar-refractivity contribution in [3.63, 3.8) is 0 Å². The summed E-state index contributed by atoms with van der Waals surface area (Å²) < 4.78 is 49.4. The van der Waals surface area contributed by atoms with Gasteiger partial charge in [0.2, 0.25) is 29.3 Å². The molecule has 1 saturated heterocycles. The quantitative estimate of drug-likeness (QED) is 0.197. The van der Waals surface area contributed by atoms with Crippen molar-refractivity contribution in [2.24, 2.45) is 0 Å². The summed E-state index contributed by atoms with van der Waals surface area (Å²) in [5.41, 5.74) is -0.929. The van der Waals surface area contributed by atoms with Gasteiger partial charge < -0.3 is 47.4 Å². The monoisotopic (exact) mass is 672 g/mol. The number of ether oxygens (including phenoxy) is 8. The van der Waals surface area contributed by atoms with Gasteiger partial charge in [-0.05, 0) is 31.2 Å². The van der Waals surface area contributed by atoms with Crippen LogP contribution in [0.5, 0.6) is 28.7 Å². The molecule has 1 aromatic heterocycles. The molecule has 0 bridgehead atoms. The van der Waals surface area contributed by atoms with Crippen molar-refractivity contribution < 1.29 is 71.4 Å². The fourth-order valence-electron chi connectivity index (χ4n) is 5.01. The lowest BCUT2D eigenvalue weighted by Crippen LogP contribution is -2.62. The molecule has 2 heterocycles. The van der Waals surface area contributed by atoms with Crippen molar-refractivity contribution in [1.29, 1.82) is 0 Å². The van der Waals surface area contributed by atoms with Gasteiger partial charge in [0.1, 0.15) is 16.7 Å². The maximum atomic E-state index is 13.4. The van der Waals surface area contributed by atoms with Gasteiger partial charge >= 0.3 is 29.8 Å². The van der Waals surface area contributed by atoms with Crippen LogP contribution in [-0.2, 0) is 42.9 Å². The molecule has 3 aromatic rings. The van der Waals surface area contributed by atoms with E-state index in [0.29, 0.717) is 0 Å². The second kappa shape index (κ2) is 14.4. The Labute approximate surface area is 272 Å². The first kappa shape index (κ1) is 35.2. The average Bonchev–Trinajstić information content (AvgIpc) is 2.98. The van der Waals surface area contributed by atoms with E-state index in [4.69, 9.17) is 42.3 Å². The maximum absolute atomic E-state index is 13.4. The largest absolute Gasteiger partial charge is 0.502 e. The summed E-state index contributed by atoms with van der Waals surface area (Å²) >= 11 is 0. The second-order valence-corrected chi connectivity index (χ2v) is 10.5. The summed E-state index contributed by atoms with van der Waals surface area (Å²) in [4.78, 5) is 72.5. The third kappa shape index (κ3) is 7.66. The lowest BCUT2D eigenvalue weighted by atomic mass is 9.99. The molecule has 48 heavy (non-hydrogen) atoms. The topological polar surface area (TPSA) is 210 Å². The zero-order valence-corrected chi connectivity index (χ0v) is 26.8. The number of carbonyl (C=O) groups is 5. The molecule has 2 aromatic carbocycles. The maximum Gasteiger partial charge on any atom is 0.308 e. The Morgan fingerprint density at radius 1 is 0.750 bits per heavy atom. The number of carbonyl (C=O) groups excluding carboxylic acids is 5. The van der Waals surface area contributed by atoms with Crippen LogP contribution in [0.4, 0.5) is 0 Å². The van der Waals surface area contributed by atoms with E-state index >= 15 is 0 Å². The minimum absolute atomic E-state index is 0.146. The normalized spacial score (nSPS) is 20.3. The van der Waals surface area contributed by atoms with Crippen molar-refractivity contribution >= 4 is 40.8 Å². The third-order valence-corrected chi connectivity index (χ3v) is 6.74. The zero-order chi connectivity index (χ0) is 35.4. The number of rotatable bonds is 9. The molecule has 1 aliphatic rings. The van der Waals surface area contributed by atoms with E-state index < -0.39 is 71.7 Å². The van der Waals surface area contributed by atoms with E-state index in [9.17, 15) is 33.9 Å². The predicted molar refractivity (Wildman–Crippen MR) is 160 cm³/mol. The van der Waals surface area contributed by atoms with Crippen LogP contribution in [0.1, 0.15) is 41.5 Å². The van der Waals surface area contributed by atoms with E-state index in [1.54, 1.807) is 6.92 Å². The number of methoxy groups -OCH3 is 1. The molecule has 1 fully saturated rings. The summed E-state index contributed by atoms with van der Waals surface area (Å²) in [5.74, 6) is -5.65. The first-order valence-corrected chi connectivity index (χ1v) is 14.3. The summed E-state index contributed by atoms with van der Waals surface area (Å²) in [6, 6.07) is 6.83. The van der Waals surface area contributed by atoms with E-state index in [2.05, 4.69) is 0 Å². The molecular weight excluding hydrogens is 640 g/mol. The molecule has 4 rings (SSSR count). The highest BCUT2D eigenvalue weighted by molar-refractivity contribution is 5.93.